The van der Waals surface area contributed by atoms with Crippen LogP contribution in [0, 0.1) is 10.1 Å². The highest BCUT2D eigenvalue weighted by Crippen LogP contribution is 2.22. The van der Waals surface area contributed by atoms with E-state index < -0.39 is 10.8 Å². The molecule has 0 aliphatic rings. The van der Waals surface area contributed by atoms with Gasteiger partial charge in [-0.2, -0.15) is 0 Å². The number of carbonyl (C=O) groups is 1. The van der Waals surface area contributed by atoms with Gasteiger partial charge in [0.1, 0.15) is 0 Å². The number of aromatic nitrogens is 2. The van der Waals surface area contributed by atoms with Gasteiger partial charge >= 0.3 is 0 Å². The summed E-state index contributed by atoms with van der Waals surface area (Å²) in [6.45, 7) is 0. The summed E-state index contributed by atoms with van der Waals surface area (Å²) in [5.74, 6) is -0.357. The number of nitrogens with zero attached hydrogens (tertiary/aromatic N) is 3. The first kappa shape index (κ1) is 12.9. The summed E-state index contributed by atoms with van der Waals surface area (Å²) in [5.41, 5.74) is -0.213. The van der Waals surface area contributed by atoms with Crippen LogP contribution in [0.2, 0.25) is 5.02 Å². The first-order chi connectivity index (χ1) is 9.08. The van der Waals surface area contributed by atoms with E-state index in [1.54, 1.807) is 0 Å². The van der Waals surface area contributed by atoms with Crippen LogP contribution in [0.3, 0.4) is 0 Å². The Morgan fingerprint density at radius 3 is 2.79 bits per heavy atom. The molecule has 0 spiro atoms. The molecule has 1 heterocycles. The van der Waals surface area contributed by atoms with Crippen molar-refractivity contribution in [3.63, 3.8) is 0 Å². The molecular weight excluding hydrogens is 272 g/mol. The van der Waals surface area contributed by atoms with Crippen molar-refractivity contribution in [1.29, 1.82) is 0 Å². The molecule has 96 valence electrons. The standard InChI is InChI=1S/C11H7ClN4O3/c12-9-2-1-7(16(18)19)5-8(9)11(17)15-10-6-13-3-4-14-10/h1-6H,(H,14,15,17). The predicted octanol–water partition coefficient (Wildman–Crippen LogP) is 2.29. The lowest BCUT2D eigenvalue weighted by molar-refractivity contribution is -0.384. The van der Waals surface area contributed by atoms with Crippen LogP contribution >= 0.6 is 11.6 Å². The average molecular weight is 279 g/mol. The van der Waals surface area contributed by atoms with Crippen molar-refractivity contribution in [2.24, 2.45) is 0 Å². The zero-order valence-electron chi connectivity index (χ0n) is 9.41. The number of non-ortho nitro benzene ring substituents is 1. The normalized spacial score (nSPS) is 9.95. The second-order valence-corrected chi connectivity index (χ2v) is 3.87. The van der Waals surface area contributed by atoms with Gasteiger partial charge < -0.3 is 5.32 Å². The second kappa shape index (κ2) is 5.40. The molecule has 0 saturated carbocycles. The molecule has 1 aromatic heterocycles. The lowest BCUT2D eigenvalue weighted by Crippen LogP contribution is -2.13. The number of rotatable bonds is 3. The quantitative estimate of drug-likeness (QED) is 0.686. The highest BCUT2D eigenvalue weighted by molar-refractivity contribution is 6.34. The van der Waals surface area contributed by atoms with Crippen LogP contribution in [0.5, 0.6) is 0 Å². The number of carbonyl (C=O) groups excluding carboxylic acids is 1. The fraction of sp³-hybridized carbons (Fsp3) is 0. The van der Waals surface area contributed by atoms with Gasteiger partial charge in [0.05, 0.1) is 21.7 Å². The molecule has 2 rings (SSSR count). The van der Waals surface area contributed by atoms with Gasteiger partial charge in [-0.15, -0.1) is 0 Å². The summed E-state index contributed by atoms with van der Waals surface area (Å²) in [7, 11) is 0. The molecule has 0 radical (unpaired) electrons. The maximum atomic E-state index is 11.9. The van der Waals surface area contributed by atoms with E-state index in [2.05, 4.69) is 15.3 Å². The predicted molar refractivity (Wildman–Crippen MR) is 68.1 cm³/mol. The molecular formula is C11H7ClN4O3. The van der Waals surface area contributed by atoms with Gasteiger partial charge in [-0.25, -0.2) is 4.98 Å². The molecule has 1 aromatic carbocycles. The van der Waals surface area contributed by atoms with Gasteiger partial charge in [-0.05, 0) is 6.07 Å². The molecule has 2 aromatic rings. The van der Waals surface area contributed by atoms with Crippen LogP contribution in [0.1, 0.15) is 10.4 Å². The van der Waals surface area contributed by atoms with Crippen LogP contribution < -0.4 is 5.32 Å². The van der Waals surface area contributed by atoms with Crippen LogP contribution in [0.25, 0.3) is 0 Å². The van der Waals surface area contributed by atoms with E-state index >= 15 is 0 Å². The second-order valence-electron chi connectivity index (χ2n) is 3.47. The Hall–Kier alpha value is -2.54. The highest BCUT2D eigenvalue weighted by Gasteiger charge is 2.16. The molecule has 8 heteroatoms. The Balaban J connectivity index is 2.28. The summed E-state index contributed by atoms with van der Waals surface area (Å²) in [6.07, 6.45) is 4.21. The smallest absolute Gasteiger partial charge is 0.270 e. The SMILES string of the molecule is O=C(Nc1cnccn1)c1cc([N+](=O)[O-])ccc1Cl. The van der Waals surface area contributed by atoms with E-state index in [4.69, 9.17) is 11.6 Å². The molecule has 0 unspecified atom stereocenters. The molecule has 1 amide bonds. The Morgan fingerprint density at radius 1 is 1.37 bits per heavy atom. The van der Waals surface area contributed by atoms with Crippen molar-refractivity contribution < 1.29 is 9.72 Å². The third kappa shape index (κ3) is 3.02. The molecule has 0 fully saturated rings. The van der Waals surface area contributed by atoms with Gasteiger partial charge in [0.2, 0.25) is 0 Å². The van der Waals surface area contributed by atoms with Crippen molar-refractivity contribution in [3.8, 4) is 0 Å². The van der Waals surface area contributed by atoms with E-state index in [0.717, 1.165) is 6.07 Å². The molecule has 1 N–H and O–H groups in total. The fourth-order valence-electron chi connectivity index (χ4n) is 1.35. The van der Waals surface area contributed by atoms with Gasteiger partial charge in [-0.3, -0.25) is 19.9 Å². The number of benzene rings is 1. The van der Waals surface area contributed by atoms with Crippen LogP contribution in [-0.4, -0.2) is 20.8 Å². The summed E-state index contributed by atoms with van der Waals surface area (Å²) in [6, 6.07) is 3.63. The van der Waals surface area contributed by atoms with Gasteiger partial charge in [0.15, 0.2) is 5.82 Å². The van der Waals surface area contributed by atoms with Crippen molar-refractivity contribution in [1.82, 2.24) is 9.97 Å². The van der Waals surface area contributed by atoms with Crippen LogP contribution in [0.15, 0.2) is 36.8 Å². The molecule has 0 aliphatic carbocycles. The Labute approximate surface area is 112 Å². The van der Waals surface area contributed by atoms with E-state index in [1.807, 2.05) is 0 Å². The summed E-state index contributed by atoms with van der Waals surface area (Å²) >= 11 is 5.84. The van der Waals surface area contributed by atoms with Crippen molar-refractivity contribution in [3.05, 3.63) is 57.5 Å². The van der Waals surface area contributed by atoms with Gasteiger partial charge in [0.25, 0.3) is 11.6 Å². The number of hydrogen-bond acceptors (Lipinski definition) is 5. The summed E-state index contributed by atoms with van der Waals surface area (Å²) < 4.78 is 0. The summed E-state index contributed by atoms with van der Waals surface area (Å²) in [4.78, 5) is 29.6. The first-order valence-corrected chi connectivity index (χ1v) is 5.47. The highest BCUT2D eigenvalue weighted by atomic mass is 35.5. The number of amides is 1. The maximum Gasteiger partial charge on any atom is 0.270 e. The van der Waals surface area contributed by atoms with E-state index in [0.29, 0.717) is 0 Å². The number of nitro groups is 1. The Kier molecular flexibility index (Phi) is 3.67. The molecule has 7 nitrogen and oxygen atoms in total. The lowest BCUT2D eigenvalue weighted by Gasteiger charge is -2.05. The molecule has 0 aliphatic heterocycles. The van der Waals surface area contributed by atoms with Crippen LogP contribution in [0.4, 0.5) is 11.5 Å². The zero-order chi connectivity index (χ0) is 13.8. The Morgan fingerprint density at radius 2 is 2.16 bits per heavy atom. The number of hydrogen-bond donors (Lipinski definition) is 1. The van der Waals surface area contributed by atoms with Crippen LogP contribution in [-0.2, 0) is 0 Å². The van der Waals surface area contributed by atoms with E-state index in [-0.39, 0.29) is 22.1 Å². The molecule has 0 atom stereocenters. The lowest BCUT2D eigenvalue weighted by atomic mass is 10.2. The minimum atomic E-state index is -0.602. The van der Waals surface area contributed by atoms with Crippen molar-refractivity contribution in [2.75, 3.05) is 5.32 Å². The third-order valence-electron chi connectivity index (χ3n) is 2.21. The summed E-state index contributed by atoms with van der Waals surface area (Å²) in [5, 5.41) is 13.2. The average Bonchev–Trinajstić information content (AvgIpc) is 2.40. The van der Waals surface area contributed by atoms with Crippen molar-refractivity contribution in [2.45, 2.75) is 0 Å². The first-order valence-electron chi connectivity index (χ1n) is 5.09. The number of nitro benzene ring substituents is 1. The maximum absolute atomic E-state index is 11.9. The molecule has 0 saturated heterocycles. The molecule has 19 heavy (non-hydrogen) atoms. The Bertz CT molecular complexity index is 633. The van der Waals surface area contributed by atoms with Crippen molar-refractivity contribution >= 4 is 29.0 Å². The van der Waals surface area contributed by atoms with E-state index in [1.165, 1.54) is 30.7 Å². The number of nitrogens with one attached hydrogen (secondary N) is 1. The molecule has 0 bridgehead atoms. The monoisotopic (exact) mass is 278 g/mol. The minimum absolute atomic E-state index is 0.00141. The largest absolute Gasteiger partial charge is 0.305 e. The topological polar surface area (TPSA) is 98.0 Å². The van der Waals surface area contributed by atoms with E-state index in [9.17, 15) is 14.9 Å². The zero-order valence-corrected chi connectivity index (χ0v) is 10.2. The van der Waals surface area contributed by atoms with Gasteiger partial charge in [0, 0.05) is 24.5 Å². The third-order valence-corrected chi connectivity index (χ3v) is 2.54. The van der Waals surface area contributed by atoms with Gasteiger partial charge in [-0.1, -0.05) is 11.6 Å². The number of anilines is 1. The number of halogens is 1. The minimum Gasteiger partial charge on any atom is -0.305 e. The fourth-order valence-corrected chi connectivity index (χ4v) is 1.55.